The number of nitrogens with zero attached hydrogens (tertiary/aromatic N) is 1. The van der Waals surface area contributed by atoms with Gasteiger partial charge in [-0.15, -0.1) is 0 Å². The molecule has 32 heavy (non-hydrogen) atoms. The van der Waals surface area contributed by atoms with Crippen molar-refractivity contribution in [2.24, 2.45) is 0 Å². The average Bonchev–Trinajstić information content (AvgIpc) is 3.64. The van der Waals surface area contributed by atoms with Crippen LogP contribution in [0.4, 0.5) is 5.69 Å². The fourth-order valence-electron chi connectivity index (χ4n) is 4.68. The Kier molecular flexibility index (Phi) is 6.17. The van der Waals surface area contributed by atoms with E-state index in [0.29, 0.717) is 0 Å². The van der Waals surface area contributed by atoms with Gasteiger partial charge in [0, 0.05) is 43.0 Å². The molecule has 0 amide bonds. The third kappa shape index (κ3) is 4.27. The molecule has 0 radical (unpaired) electrons. The molecule has 0 atom stereocenters. The summed E-state index contributed by atoms with van der Waals surface area (Å²) in [5, 5.41) is 6.00. The standard InChI is InChI=1S/C26H31N3O2S/c1-30-20-7-6-19-4-3-5-23(22(19)16-20)26(10-11-26)18-28-32-21-8-9-25(31-2)24(17-21)29-14-12-27-13-15-29/h3-9,16-17,27-28H,10-15,18H2,1-2H3. The maximum Gasteiger partial charge on any atom is 0.142 e. The first kappa shape index (κ1) is 21.4. The van der Waals surface area contributed by atoms with E-state index in [-0.39, 0.29) is 5.41 Å². The second kappa shape index (κ2) is 9.22. The summed E-state index contributed by atoms with van der Waals surface area (Å²) in [6.07, 6.45) is 2.43. The number of piperazine rings is 1. The summed E-state index contributed by atoms with van der Waals surface area (Å²) < 4.78 is 14.8. The highest BCUT2D eigenvalue weighted by atomic mass is 32.2. The molecule has 0 spiro atoms. The number of nitrogens with one attached hydrogen (secondary N) is 2. The van der Waals surface area contributed by atoms with Crippen LogP contribution >= 0.6 is 11.9 Å². The van der Waals surface area contributed by atoms with E-state index in [4.69, 9.17) is 9.47 Å². The van der Waals surface area contributed by atoms with Crippen LogP contribution in [-0.4, -0.2) is 46.9 Å². The third-order valence-corrected chi connectivity index (χ3v) is 7.50. The predicted octanol–water partition coefficient (Wildman–Crippen LogP) is 4.60. The zero-order valence-electron chi connectivity index (χ0n) is 18.8. The highest BCUT2D eigenvalue weighted by Crippen LogP contribution is 2.50. The molecule has 168 valence electrons. The van der Waals surface area contributed by atoms with E-state index < -0.39 is 0 Å². The Morgan fingerprint density at radius 3 is 2.59 bits per heavy atom. The van der Waals surface area contributed by atoms with Crippen molar-refractivity contribution in [3.63, 3.8) is 0 Å². The topological polar surface area (TPSA) is 45.8 Å². The van der Waals surface area contributed by atoms with Crippen LogP contribution in [0.3, 0.4) is 0 Å². The fraction of sp³-hybridized carbons (Fsp3) is 0.385. The van der Waals surface area contributed by atoms with Gasteiger partial charge in [-0.05, 0) is 71.5 Å². The first-order chi connectivity index (χ1) is 15.7. The van der Waals surface area contributed by atoms with E-state index in [1.54, 1.807) is 26.2 Å². The van der Waals surface area contributed by atoms with Crippen molar-refractivity contribution in [3.05, 3.63) is 60.2 Å². The normalized spacial score (nSPS) is 17.4. The molecule has 3 aromatic carbocycles. The van der Waals surface area contributed by atoms with Gasteiger partial charge in [0.15, 0.2) is 0 Å². The molecule has 5 rings (SSSR count). The van der Waals surface area contributed by atoms with Crippen molar-refractivity contribution in [2.75, 3.05) is 51.8 Å². The van der Waals surface area contributed by atoms with Crippen molar-refractivity contribution in [1.29, 1.82) is 0 Å². The third-order valence-electron chi connectivity index (χ3n) is 6.72. The zero-order chi connectivity index (χ0) is 22.0. The van der Waals surface area contributed by atoms with Crippen molar-refractivity contribution < 1.29 is 9.47 Å². The highest BCUT2D eigenvalue weighted by molar-refractivity contribution is 7.97. The number of hydrogen-bond donors (Lipinski definition) is 2. The fourth-order valence-corrected chi connectivity index (χ4v) is 5.50. The SMILES string of the molecule is COc1ccc2cccc(C3(CNSc4ccc(OC)c(N5CCNCC5)c4)CC3)c2c1. The molecular weight excluding hydrogens is 418 g/mol. The summed E-state index contributed by atoms with van der Waals surface area (Å²) in [6.45, 7) is 4.98. The van der Waals surface area contributed by atoms with Crippen LogP contribution in [0.1, 0.15) is 18.4 Å². The molecule has 0 unspecified atom stereocenters. The molecule has 1 aliphatic heterocycles. The molecular formula is C26H31N3O2S. The molecule has 2 N–H and O–H groups in total. The molecule has 1 saturated carbocycles. The molecule has 5 nitrogen and oxygen atoms in total. The number of fused-ring (bicyclic) bond motifs is 1. The lowest BCUT2D eigenvalue weighted by Crippen LogP contribution is -2.43. The largest absolute Gasteiger partial charge is 0.497 e. The Hall–Kier alpha value is -2.41. The highest BCUT2D eigenvalue weighted by Gasteiger charge is 2.44. The van der Waals surface area contributed by atoms with E-state index in [9.17, 15) is 0 Å². The Labute approximate surface area is 194 Å². The van der Waals surface area contributed by atoms with Crippen molar-refractivity contribution in [3.8, 4) is 11.5 Å². The molecule has 0 bridgehead atoms. The van der Waals surface area contributed by atoms with Gasteiger partial charge in [-0.25, -0.2) is 0 Å². The maximum atomic E-state index is 5.64. The van der Waals surface area contributed by atoms with Gasteiger partial charge in [-0.1, -0.05) is 24.3 Å². The van der Waals surface area contributed by atoms with E-state index in [0.717, 1.165) is 44.2 Å². The molecule has 0 aromatic heterocycles. The van der Waals surface area contributed by atoms with Crippen molar-refractivity contribution in [1.82, 2.24) is 10.0 Å². The van der Waals surface area contributed by atoms with Gasteiger partial charge in [-0.3, -0.25) is 4.72 Å². The van der Waals surface area contributed by atoms with Gasteiger partial charge in [0.25, 0.3) is 0 Å². The maximum absolute atomic E-state index is 5.64. The van der Waals surface area contributed by atoms with Gasteiger partial charge >= 0.3 is 0 Å². The molecule has 2 aliphatic rings. The minimum Gasteiger partial charge on any atom is -0.497 e. The predicted molar refractivity (Wildman–Crippen MR) is 133 cm³/mol. The first-order valence-electron chi connectivity index (χ1n) is 11.3. The summed E-state index contributed by atoms with van der Waals surface area (Å²) >= 11 is 1.72. The van der Waals surface area contributed by atoms with Gasteiger partial charge in [0.1, 0.15) is 11.5 Å². The Balaban J connectivity index is 1.31. The zero-order valence-corrected chi connectivity index (χ0v) is 19.6. The summed E-state index contributed by atoms with van der Waals surface area (Å²) in [5.41, 5.74) is 2.81. The number of rotatable bonds is 8. The van der Waals surface area contributed by atoms with E-state index in [1.807, 2.05) is 6.07 Å². The molecule has 1 heterocycles. The number of ether oxygens (including phenoxy) is 2. The lowest BCUT2D eigenvalue weighted by molar-refractivity contribution is 0.412. The Bertz CT molecular complexity index is 1090. The second-order valence-corrected chi connectivity index (χ2v) is 9.63. The summed E-state index contributed by atoms with van der Waals surface area (Å²) in [6, 6.07) is 19.5. The van der Waals surface area contributed by atoms with Crippen LogP contribution in [0.15, 0.2) is 59.5 Å². The van der Waals surface area contributed by atoms with Crippen molar-refractivity contribution in [2.45, 2.75) is 23.2 Å². The summed E-state index contributed by atoms with van der Waals surface area (Å²) in [7, 11) is 3.49. The molecule has 1 saturated heterocycles. The minimum atomic E-state index is 0.201. The molecule has 1 aliphatic carbocycles. The van der Waals surface area contributed by atoms with Crippen LogP contribution in [0.2, 0.25) is 0 Å². The summed E-state index contributed by atoms with van der Waals surface area (Å²) in [5.74, 6) is 1.86. The lowest BCUT2D eigenvalue weighted by atomic mass is 9.91. The van der Waals surface area contributed by atoms with E-state index in [1.165, 1.54) is 39.8 Å². The molecule has 3 aromatic rings. The number of anilines is 1. The van der Waals surface area contributed by atoms with Crippen LogP contribution in [0.5, 0.6) is 11.5 Å². The minimum absolute atomic E-state index is 0.201. The van der Waals surface area contributed by atoms with Gasteiger partial charge in [0.05, 0.1) is 19.9 Å². The lowest BCUT2D eigenvalue weighted by Gasteiger charge is -2.30. The van der Waals surface area contributed by atoms with Crippen LogP contribution in [-0.2, 0) is 5.41 Å². The Morgan fingerprint density at radius 2 is 1.84 bits per heavy atom. The first-order valence-corrected chi connectivity index (χ1v) is 12.1. The van der Waals surface area contributed by atoms with E-state index in [2.05, 4.69) is 63.5 Å². The van der Waals surface area contributed by atoms with Gasteiger partial charge < -0.3 is 19.7 Å². The van der Waals surface area contributed by atoms with Gasteiger partial charge in [-0.2, -0.15) is 0 Å². The smallest absolute Gasteiger partial charge is 0.142 e. The van der Waals surface area contributed by atoms with Crippen LogP contribution in [0.25, 0.3) is 10.8 Å². The van der Waals surface area contributed by atoms with Crippen LogP contribution in [0, 0.1) is 0 Å². The average molecular weight is 450 g/mol. The van der Waals surface area contributed by atoms with Crippen LogP contribution < -0.4 is 24.4 Å². The summed E-state index contributed by atoms with van der Waals surface area (Å²) in [4.78, 5) is 3.63. The second-order valence-electron chi connectivity index (χ2n) is 8.67. The number of methoxy groups -OCH3 is 2. The van der Waals surface area contributed by atoms with Crippen molar-refractivity contribution >= 4 is 28.4 Å². The quantitative estimate of drug-likeness (QED) is 0.490. The number of benzene rings is 3. The molecule has 2 fully saturated rings. The monoisotopic (exact) mass is 449 g/mol. The van der Waals surface area contributed by atoms with Gasteiger partial charge in [0.2, 0.25) is 0 Å². The van der Waals surface area contributed by atoms with E-state index >= 15 is 0 Å². The number of hydrogen-bond acceptors (Lipinski definition) is 6. The Morgan fingerprint density at radius 1 is 1.00 bits per heavy atom. The molecule has 6 heteroatoms.